The molecule has 4 rings (SSSR count). The quantitative estimate of drug-likeness (QED) is 0.661. The molecule has 4 heteroatoms. The summed E-state index contributed by atoms with van der Waals surface area (Å²) in [5, 5.41) is 12.7. The van der Waals surface area contributed by atoms with E-state index in [1.807, 2.05) is 12.1 Å². The van der Waals surface area contributed by atoms with Crippen molar-refractivity contribution < 1.29 is 9.13 Å². The van der Waals surface area contributed by atoms with Gasteiger partial charge < -0.3 is 10.1 Å². The van der Waals surface area contributed by atoms with Crippen LogP contribution in [0, 0.1) is 17.1 Å². The lowest BCUT2D eigenvalue weighted by Crippen LogP contribution is -2.35. The van der Waals surface area contributed by atoms with Gasteiger partial charge in [-0.15, -0.1) is 0 Å². The van der Waals surface area contributed by atoms with Crippen LogP contribution in [0.3, 0.4) is 0 Å². The van der Waals surface area contributed by atoms with Crippen LogP contribution < -0.4 is 10.1 Å². The van der Waals surface area contributed by atoms with Gasteiger partial charge in [-0.25, -0.2) is 4.39 Å². The number of halogens is 1. The first-order chi connectivity index (χ1) is 11.9. The van der Waals surface area contributed by atoms with Crippen LogP contribution in [-0.2, 0) is 0 Å². The van der Waals surface area contributed by atoms with Gasteiger partial charge in [-0.05, 0) is 56.2 Å². The number of allylic oxidation sites excluding steroid dienone is 1. The van der Waals surface area contributed by atoms with Gasteiger partial charge in [-0.2, -0.15) is 5.26 Å². The lowest BCUT2D eigenvalue weighted by molar-refractivity contribution is 0.509. The molecule has 0 spiro atoms. The third-order valence-electron chi connectivity index (χ3n) is 4.93. The Morgan fingerprint density at radius 2 is 2.00 bits per heavy atom. The minimum atomic E-state index is -0.315. The molecule has 0 amide bonds. The predicted octanol–water partition coefficient (Wildman–Crippen LogP) is 5.36. The summed E-state index contributed by atoms with van der Waals surface area (Å²) >= 11 is 0. The van der Waals surface area contributed by atoms with Crippen LogP contribution in [-0.4, -0.2) is 5.54 Å². The van der Waals surface area contributed by atoms with Crippen molar-refractivity contribution in [2.24, 2.45) is 0 Å². The molecule has 2 aromatic rings. The van der Waals surface area contributed by atoms with Gasteiger partial charge in [0, 0.05) is 22.4 Å². The Morgan fingerprint density at radius 1 is 1.20 bits per heavy atom. The van der Waals surface area contributed by atoms with Crippen LogP contribution in [0.4, 0.5) is 10.1 Å². The summed E-state index contributed by atoms with van der Waals surface area (Å²) in [5.41, 5.74) is 5.34. The molecule has 2 heterocycles. The highest BCUT2D eigenvalue weighted by atomic mass is 19.1. The number of benzene rings is 2. The molecular formula is C21H17FN2O. The molecule has 0 saturated heterocycles. The summed E-state index contributed by atoms with van der Waals surface area (Å²) in [6.45, 7) is 6.31. The van der Waals surface area contributed by atoms with Gasteiger partial charge in [-0.1, -0.05) is 12.1 Å². The number of anilines is 1. The first kappa shape index (κ1) is 15.5. The van der Waals surface area contributed by atoms with E-state index < -0.39 is 0 Å². The Morgan fingerprint density at radius 3 is 2.76 bits per heavy atom. The maximum absolute atomic E-state index is 13.8. The van der Waals surface area contributed by atoms with E-state index in [9.17, 15) is 9.65 Å². The van der Waals surface area contributed by atoms with Gasteiger partial charge in [0.05, 0.1) is 17.7 Å². The fourth-order valence-electron chi connectivity index (χ4n) is 3.33. The second-order valence-corrected chi connectivity index (χ2v) is 6.91. The number of nitrogens with zero attached hydrogens (tertiary/aromatic N) is 1. The molecule has 2 aromatic carbocycles. The summed E-state index contributed by atoms with van der Waals surface area (Å²) in [6, 6.07) is 10.4. The van der Waals surface area contributed by atoms with E-state index >= 15 is 0 Å². The van der Waals surface area contributed by atoms with Gasteiger partial charge in [0.1, 0.15) is 17.3 Å². The Kier molecular flexibility index (Phi) is 3.23. The topological polar surface area (TPSA) is 45.0 Å². The summed E-state index contributed by atoms with van der Waals surface area (Å²) in [4.78, 5) is 0. The van der Waals surface area contributed by atoms with Crippen molar-refractivity contribution in [2.75, 3.05) is 5.32 Å². The Bertz CT molecular complexity index is 1010. The highest BCUT2D eigenvalue weighted by Gasteiger charge is 2.31. The maximum Gasteiger partial charge on any atom is 0.146 e. The van der Waals surface area contributed by atoms with E-state index in [0.29, 0.717) is 17.1 Å². The molecule has 0 aromatic heterocycles. The standard InChI is InChI=1S/C21H17FN2O/c1-12-10-16-17(24-21(12,2)3)6-5-14-15-11-13(22)4-7-18(15)25-19(8-9-23)20(14)16/h4-8,10-11,24H,1-3H3/b19-8-. The Balaban J connectivity index is 2.05. The third-order valence-corrected chi connectivity index (χ3v) is 4.93. The molecule has 1 N–H and O–H groups in total. The van der Waals surface area contributed by atoms with E-state index in [1.165, 1.54) is 23.8 Å². The maximum atomic E-state index is 13.8. The SMILES string of the molecule is CC1=Cc2c(ccc3c2/C(=C/C#N)Oc2ccc(F)cc2-3)NC1(C)C. The van der Waals surface area contributed by atoms with Crippen molar-refractivity contribution in [1.29, 1.82) is 5.26 Å². The number of ether oxygens (including phenoxy) is 1. The smallest absolute Gasteiger partial charge is 0.146 e. The van der Waals surface area contributed by atoms with Gasteiger partial charge >= 0.3 is 0 Å². The second-order valence-electron chi connectivity index (χ2n) is 6.91. The zero-order valence-corrected chi connectivity index (χ0v) is 14.3. The highest BCUT2D eigenvalue weighted by molar-refractivity contribution is 5.95. The molecule has 0 saturated carbocycles. The molecule has 0 unspecified atom stereocenters. The van der Waals surface area contributed by atoms with Crippen LogP contribution >= 0.6 is 0 Å². The molecule has 2 aliphatic heterocycles. The number of rotatable bonds is 0. The minimum absolute atomic E-state index is 0.153. The van der Waals surface area contributed by atoms with E-state index in [1.54, 1.807) is 6.07 Å². The van der Waals surface area contributed by atoms with Gasteiger partial charge in [0.25, 0.3) is 0 Å². The summed E-state index contributed by atoms with van der Waals surface area (Å²) in [6.07, 6.45) is 3.51. The van der Waals surface area contributed by atoms with Crippen LogP contribution in [0.2, 0.25) is 0 Å². The molecule has 0 atom stereocenters. The molecule has 25 heavy (non-hydrogen) atoms. The minimum Gasteiger partial charge on any atom is -0.455 e. The first-order valence-corrected chi connectivity index (χ1v) is 8.12. The van der Waals surface area contributed by atoms with E-state index in [-0.39, 0.29) is 11.4 Å². The zero-order chi connectivity index (χ0) is 17.8. The number of fused-ring (bicyclic) bond motifs is 5. The molecule has 124 valence electrons. The average molecular weight is 332 g/mol. The van der Waals surface area contributed by atoms with Gasteiger partial charge in [0.15, 0.2) is 0 Å². The average Bonchev–Trinajstić information content (AvgIpc) is 2.56. The fourth-order valence-corrected chi connectivity index (χ4v) is 3.33. The monoisotopic (exact) mass is 332 g/mol. The van der Waals surface area contributed by atoms with E-state index in [4.69, 9.17) is 4.74 Å². The van der Waals surface area contributed by atoms with Crippen molar-refractivity contribution >= 4 is 17.5 Å². The molecule has 3 nitrogen and oxygen atoms in total. The molecular weight excluding hydrogens is 315 g/mol. The summed E-state index contributed by atoms with van der Waals surface area (Å²) < 4.78 is 19.7. The Labute approximate surface area is 146 Å². The normalized spacial score (nSPS) is 18.0. The highest BCUT2D eigenvalue weighted by Crippen LogP contribution is 2.47. The third kappa shape index (κ3) is 2.32. The summed E-state index contributed by atoms with van der Waals surface area (Å²) in [7, 11) is 0. The Hall–Kier alpha value is -3.06. The van der Waals surface area contributed by atoms with E-state index in [2.05, 4.69) is 38.2 Å². The van der Waals surface area contributed by atoms with Gasteiger partial charge in [0.2, 0.25) is 0 Å². The molecule has 2 aliphatic rings. The molecule has 0 bridgehead atoms. The van der Waals surface area contributed by atoms with E-state index in [0.717, 1.165) is 22.4 Å². The fraction of sp³-hybridized carbons (Fsp3) is 0.190. The number of hydrogen-bond acceptors (Lipinski definition) is 3. The number of nitriles is 1. The van der Waals surface area contributed by atoms with Crippen LogP contribution in [0.25, 0.3) is 23.0 Å². The van der Waals surface area contributed by atoms with Gasteiger partial charge in [-0.3, -0.25) is 0 Å². The molecule has 0 fully saturated rings. The second kappa shape index (κ2) is 5.22. The molecule has 0 aliphatic carbocycles. The molecule has 0 radical (unpaired) electrons. The summed E-state index contributed by atoms with van der Waals surface area (Å²) in [5.74, 6) is 0.726. The largest absolute Gasteiger partial charge is 0.455 e. The number of hydrogen-bond donors (Lipinski definition) is 1. The van der Waals surface area contributed by atoms with Crippen molar-refractivity contribution in [3.8, 4) is 22.9 Å². The first-order valence-electron chi connectivity index (χ1n) is 8.12. The lowest BCUT2D eigenvalue weighted by Gasteiger charge is -2.36. The lowest BCUT2D eigenvalue weighted by atomic mass is 9.83. The van der Waals surface area contributed by atoms with Crippen LogP contribution in [0.5, 0.6) is 5.75 Å². The zero-order valence-electron chi connectivity index (χ0n) is 14.3. The van der Waals surface area contributed by atoms with Crippen molar-refractivity contribution in [1.82, 2.24) is 0 Å². The van der Waals surface area contributed by atoms with Crippen molar-refractivity contribution in [3.63, 3.8) is 0 Å². The predicted molar refractivity (Wildman–Crippen MR) is 97.4 cm³/mol. The number of nitrogens with one attached hydrogen (secondary N) is 1. The van der Waals surface area contributed by atoms with Crippen molar-refractivity contribution in [3.05, 3.63) is 58.9 Å². The van der Waals surface area contributed by atoms with Crippen LogP contribution in [0.15, 0.2) is 42.0 Å². The van der Waals surface area contributed by atoms with Crippen molar-refractivity contribution in [2.45, 2.75) is 26.3 Å². The van der Waals surface area contributed by atoms with Crippen LogP contribution in [0.1, 0.15) is 31.9 Å².